The summed E-state index contributed by atoms with van der Waals surface area (Å²) in [7, 11) is 3.36. The first-order valence-electron chi connectivity index (χ1n) is 6.49. The molecule has 0 atom stereocenters. The van der Waals surface area contributed by atoms with Crippen molar-refractivity contribution in [1.29, 1.82) is 0 Å². The highest BCUT2D eigenvalue weighted by molar-refractivity contribution is 9.10. The van der Waals surface area contributed by atoms with Gasteiger partial charge in [0.25, 0.3) is 0 Å². The Morgan fingerprint density at radius 1 is 1.21 bits per heavy atom. The number of nitrogen functional groups attached to an aromatic ring is 1. The quantitative estimate of drug-likeness (QED) is 0.919. The predicted octanol–water partition coefficient (Wildman–Crippen LogP) is 2.77. The highest BCUT2D eigenvalue weighted by Crippen LogP contribution is 2.39. The number of nitrogens with zero attached hydrogens (tertiary/aromatic N) is 2. The smallest absolute Gasteiger partial charge is 0.163 e. The SMILES string of the molecule is COCc1nc(C2(OC)CCCCC2)nc(N)c1Br. The monoisotopic (exact) mass is 329 g/mol. The van der Waals surface area contributed by atoms with Gasteiger partial charge in [0.15, 0.2) is 5.82 Å². The number of anilines is 1. The summed E-state index contributed by atoms with van der Waals surface area (Å²) in [4.78, 5) is 9.02. The molecule has 0 aliphatic heterocycles. The molecule has 1 aromatic rings. The highest BCUT2D eigenvalue weighted by Gasteiger charge is 2.37. The van der Waals surface area contributed by atoms with Crippen molar-refractivity contribution in [3.05, 3.63) is 16.0 Å². The summed E-state index contributed by atoms with van der Waals surface area (Å²) in [5.74, 6) is 1.13. The molecule has 1 saturated carbocycles. The number of hydrogen-bond acceptors (Lipinski definition) is 5. The van der Waals surface area contributed by atoms with Gasteiger partial charge in [0, 0.05) is 14.2 Å². The van der Waals surface area contributed by atoms with E-state index in [1.807, 2.05) is 0 Å². The summed E-state index contributed by atoms with van der Waals surface area (Å²) in [6, 6.07) is 0. The highest BCUT2D eigenvalue weighted by atomic mass is 79.9. The van der Waals surface area contributed by atoms with Crippen molar-refractivity contribution in [3.8, 4) is 0 Å². The van der Waals surface area contributed by atoms with Crippen LogP contribution in [0.15, 0.2) is 4.47 Å². The van der Waals surface area contributed by atoms with Gasteiger partial charge in [0.05, 0.1) is 16.8 Å². The first kappa shape index (κ1) is 14.7. The number of ether oxygens (including phenoxy) is 2. The first-order valence-corrected chi connectivity index (χ1v) is 7.29. The third-order valence-electron chi connectivity index (χ3n) is 3.69. The minimum Gasteiger partial charge on any atom is -0.383 e. The van der Waals surface area contributed by atoms with Gasteiger partial charge in [0.1, 0.15) is 11.4 Å². The summed E-state index contributed by atoms with van der Waals surface area (Å²) < 4.78 is 11.6. The average molecular weight is 330 g/mol. The van der Waals surface area contributed by atoms with Crippen molar-refractivity contribution >= 4 is 21.7 Å². The van der Waals surface area contributed by atoms with Gasteiger partial charge in [-0.2, -0.15) is 0 Å². The molecule has 1 aliphatic rings. The summed E-state index contributed by atoms with van der Waals surface area (Å²) in [6.07, 6.45) is 5.38. The minimum atomic E-state index is -0.393. The summed E-state index contributed by atoms with van der Waals surface area (Å²) in [6.45, 7) is 0.403. The van der Waals surface area contributed by atoms with Crippen molar-refractivity contribution in [2.24, 2.45) is 0 Å². The van der Waals surface area contributed by atoms with Gasteiger partial charge in [-0.05, 0) is 28.8 Å². The Morgan fingerprint density at radius 2 is 1.89 bits per heavy atom. The van der Waals surface area contributed by atoms with Crippen LogP contribution in [-0.4, -0.2) is 24.2 Å². The maximum absolute atomic E-state index is 5.96. The molecule has 1 aromatic heterocycles. The molecule has 1 heterocycles. The van der Waals surface area contributed by atoms with Crippen LogP contribution in [0, 0.1) is 0 Å². The Bertz CT molecular complexity index is 448. The summed E-state index contributed by atoms with van der Waals surface area (Å²) in [5, 5.41) is 0. The zero-order valence-electron chi connectivity index (χ0n) is 11.4. The number of methoxy groups -OCH3 is 2. The lowest BCUT2D eigenvalue weighted by atomic mass is 9.84. The van der Waals surface area contributed by atoms with Crippen molar-refractivity contribution in [3.63, 3.8) is 0 Å². The molecular formula is C13H20BrN3O2. The van der Waals surface area contributed by atoms with E-state index >= 15 is 0 Å². The van der Waals surface area contributed by atoms with Crippen molar-refractivity contribution in [2.75, 3.05) is 20.0 Å². The van der Waals surface area contributed by atoms with Crippen LogP contribution in [0.5, 0.6) is 0 Å². The van der Waals surface area contributed by atoms with Crippen molar-refractivity contribution < 1.29 is 9.47 Å². The molecule has 2 rings (SSSR count). The molecule has 6 heteroatoms. The molecule has 19 heavy (non-hydrogen) atoms. The van der Waals surface area contributed by atoms with E-state index in [-0.39, 0.29) is 0 Å². The zero-order valence-corrected chi connectivity index (χ0v) is 13.0. The molecule has 0 aromatic carbocycles. The van der Waals surface area contributed by atoms with Gasteiger partial charge in [-0.25, -0.2) is 9.97 Å². The van der Waals surface area contributed by atoms with E-state index in [2.05, 4.69) is 25.9 Å². The Labute approximate surface area is 122 Å². The molecule has 2 N–H and O–H groups in total. The molecule has 0 unspecified atom stereocenters. The molecule has 1 fully saturated rings. The molecule has 0 amide bonds. The first-order chi connectivity index (χ1) is 9.13. The van der Waals surface area contributed by atoms with Gasteiger partial charge in [-0.15, -0.1) is 0 Å². The standard InChI is InChI=1S/C13H20BrN3O2/c1-18-8-9-10(14)11(15)17-12(16-9)13(19-2)6-4-3-5-7-13/h3-8H2,1-2H3,(H2,15,16,17). The predicted molar refractivity (Wildman–Crippen MR) is 76.6 cm³/mol. The number of nitrogens with two attached hydrogens (primary N) is 1. The number of halogens is 1. The maximum Gasteiger partial charge on any atom is 0.163 e. The van der Waals surface area contributed by atoms with Crippen LogP contribution in [-0.2, 0) is 21.7 Å². The Kier molecular flexibility index (Phi) is 4.76. The lowest BCUT2D eigenvalue weighted by Gasteiger charge is -2.34. The second kappa shape index (κ2) is 6.15. The molecule has 0 saturated heterocycles. The lowest BCUT2D eigenvalue weighted by molar-refractivity contribution is -0.0517. The second-order valence-corrected chi connectivity index (χ2v) is 5.68. The van der Waals surface area contributed by atoms with Crippen LogP contribution < -0.4 is 5.73 Å². The Balaban J connectivity index is 2.42. The van der Waals surface area contributed by atoms with Crippen molar-refractivity contribution in [1.82, 2.24) is 9.97 Å². The number of rotatable bonds is 4. The van der Waals surface area contributed by atoms with E-state index < -0.39 is 5.60 Å². The zero-order chi connectivity index (χ0) is 13.9. The van der Waals surface area contributed by atoms with E-state index in [9.17, 15) is 0 Å². The fourth-order valence-electron chi connectivity index (χ4n) is 2.59. The van der Waals surface area contributed by atoms with E-state index in [0.717, 1.165) is 31.4 Å². The largest absolute Gasteiger partial charge is 0.383 e. The van der Waals surface area contributed by atoms with E-state index in [1.165, 1.54) is 6.42 Å². The van der Waals surface area contributed by atoms with Gasteiger partial charge >= 0.3 is 0 Å². The summed E-state index contributed by atoms with van der Waals surface area (Å²) >= 11 is 3.41. The van der Waals surface area contributed by atoms with Gasteiger partial charge in [-0.3, -0.25) is 0 Å². The molecule has 0 radical (unpaired) electrons. The van der Waals surface area contributed by atoms with E-state index in [1.54, 1.807) is 14.2 Å². The topological polar surface area (TPSA) is 70.3 Å². The summed E-state index contributed by atoms with van der Waals surface area (Å²) in [5.41, 5.74) is 6.34. The van der Waals surface area contributed by atoms with Crippen LogP contribution in [0.3, 0.4) is 0 Å². The fraction of sp³-hybridized carbons (Fsp3) is 0.692. The second-order valence-electron chi connectivity index (χ2n) is 4.89. The molecular weight excluding hydrogens is 310 g/mol. The Hall–Kier alpha value is -0.720. The molecule has 5 nitrogen and oxygen atoms in total. The normalized spacial score (nSPS) is 18.5. The number of aromatic nitrogens is 2. The Morgan fingerprint density at radius 3 is 2.47 bits per heavy atom. The lowest BCUT2D eigenvalue weighted by Crippen LogP contribution is -2.34. The van der Waals surface area contributed by atoms with Crippen LogP contribution in [0.2, 0.25) is 0 Å². The third-order valence-corrected chi connectivity index (χ3v) is 4.55. The fourth-order valence-corrected chi connectivity index (χ4v) is 2.88. The molecule has 0 bridgehead atoms. The van der Waals surface area contributed by atoms with Crippen molar-refractivity contribution in [2.45, 2.75) is 44.3 Å². The van der Waals surface area contributed by atoms with Gasteiger partial charge in [0.2, 0.25) is 0 Å². The third kappa shape index (κ3) is 2.90. The van der Waals surface area contributed by atoms with Crippen LogP contribution in [0.4, 0.5) is 5.82 Å². The minimum absolute atomic E-state index is 0.393. The number of hydrogen-bond donors (Lipinski definition) is 1. The van der Waals surface area contributed by atoms with E-state index in [0.29, 0.717) is 22.7 Å². The van der Waals surface area contributed by atoms with Gasteiger partial charge in [-0.1, -0.05) is 19.3 Å². The average Bonchev–Trinajstić information content (AvgIpc) is 2.44. The van der Waals surface area contributed by atoms with Crippen LogP contribution in [0.25, 0.3) is 0 Å². The maximum atomic E-state index is 5.96. The molecule has 106 valence electrons. The van der Waals surface area contributed by atoms with E-state index in [4.69, 9.17) is 15.2 Å². The van der Waals surface area contributed by atoms with Crippen LogP contribution >= 0.6 is 15.9 Å². The molecule has 0 spiro atoms. The van der Waals surface area contributed by atoms with Gasteiger partial charge < -0.3 is 15.2 Å². The van der Waals surface area contributed by atoms with Crippen LogP contribution in [0.1, 0.15) is 43.6 Å². The molecule has 1 aliphatic carbocycles.